The van der Waals surface area contributed by atoms with Crippen molar-refractivity contribution in [2.45, 2.75) is 19.6 Å². The molecule has 0 bridgehead atoms. The van der Waals surface area contributed by atoms with Crippen molar-refractivity contribution in [3.05, 3.63) is 57.3 Å². The van der Waals surface area contributed by atoms with Crippen LogP contribution >= 0.6 is 11.3 Å². The topological polar surface area (TPSA) is 20.3 Å². The summed E-state index contributed by atoms with van der Waals surface area (Å²) in [5.74, 6) is -0.264. The van der Waals surface area contributed by atoms with Crippen LogP contribution in [0.25, 0.3) is 0 Å². The lowest BCUT2D eigenvalue weighted by Gasteiger charge is -2.20. The van der Waals surface area contributed by atoms with Gasteiger partial charge >= 0.3 is 6.18 Å². The van der Waals surface area contributed by atoms with Crippen LogP contribution in [0.5, 0.6) is 0 Å². The van der Waals surface area contributed by atoms with Crippen LogP contribution in [-0.4, -0.2) is 17.9 Å². The van der Waals surface area contributed by atoms with Crippen LogP contribution in [0.4, 0.5) is 13.2 Å². The number of aryl methyl sites for hydroxylation is 1. The Morgan fingerprint density at radius 1 is 1.24 bits per heavy atom. The van der Waals surface area contributed by atoms with Crippen molar-refractivity contribution in [2.75, 3.05) is 7.05 Å². The van der Waals surface area contributed by atoms with Gasteiger partial charge in [0.15, 0.2) is 0 Å². The molecule has 2 rings (SSSR count). The van der Waals surface area contributed by atoms with Gasteiger partial charge in [-0.2, -0.15) is 13.2 Å². The Kier molecular flexibility index (Phi) is 4.37. The number of thiophene rings is 1. The zero-order valence-corrected chi connectivity index (χ0v) is 12.4. The summed E-state index contributed by atoms with van der Waals surface area (Å²) in [6, 6.07) is 7.13. The van der Waals surface area contributed by atoms with Gasteiger partial charge in [-0.15, -0.1) is 11.3 Å². The Morgan fingerprint density at radius 2 is 1.90 bits per heavy atom. The minimum absolute atomic E-state index is 0.0775. The van der Waals surface area contributed by atoms with Crippen LogP contribution in [0, 0.1) is 6.92 Å². The summed E-state index contributed by atoms with van der Waals surface area (Å²) in [6.45, 7) is 1.73. The Hall–Kier alpha value is -1.82. The smallest absolute Gasteiger partial charge is 0.337 e. The maximum absolute atomic E-state index is 12.9. The fraction of sp³-hybridized carbons (Fsp3) is 0.267. The van der Waals surface area contributed by atoms with Gasteiger partial charge in [0.25, 0.3) is 5.91 Å². The fourth-order valence-corrected chi connectivity index (χ4v) is 2.95. The Labute approximate surface area is 124 Å². The molecule has 1 amide bonds. The average molecular weight is 313 g/mol. The van der Waals surface area contributed by atoms with Crippen molar-refractivity contribution in [1.29, 1.82) is 0 Å². The predicted octanol–water partition coefficient (Wildman–Crippen LogP) is 4.35. The van der Waals surface area contributed by atoms with Crippen LogP contribution in [-0.2, 0) is 12.7 Å². The number of halogens is 3. The van der Waals surface area contributed by atoms with Gasteiger partial charge in [-0.3, -0.25) is 4.79 Å². The highest BCUT2D eigenvalue weighted by atomic mass is 32.1. The van der Waals surface area contributed by atoms with Gasteiger partial charge in [0.1, 0.15) is 0 Å². The van der Waals surface area contributed by atoms with E-state index in [0.717, 1.165) is 11.6 Å². The average Bonchev–Trinajstić information content (AvgIpc) is 2.83. The van der Waals surface area contributed by atoms with E-state index >= 15 is 0 Å². The Bertz CT molecular complexity index is 648. The van der Waals surface area contributed by atoms with E-state index in [1.807, 2.05) is 6.07 Å². The third-order valence-corrected chi connectivity index (χ3v) is 4.14. The fourth-order valence-electron chi connectivity index (χ4n) is 2.03. The first-order valence-corrected chi connectivity index (χ1v) is 7.13. The molecular formula is C15H14F3NOS. The molecule has 1 aromatic heterocycles. The van der Waals surface area contributed by atoms with Crippen LogP contribution < -0.4 is 0 Å². The number of carbonyl (C=O) groups is 1. The molecule has 0 radical (unpaired) electrons. The molecule has 0 unspecified atom stereocenters. The maximum Gasteiger partial charge on any atom is 0.416 e. The molecule has 0 aliphatic heterocycles. The van der Waals surface area contributed by atoms with Gasteiger partial charge in [-0.05, 0) is 35.6 Å². The van der Waals surface area contributed by atoms with Gasteiger partial charge in [0, 0.05) is 13.6 Å². The molecule has 0 spiro atoms. The molecule has 21 heavy (non-hydrogen) atoms. The molecule has 0 aliphatic rings. The molecular weight excluding hydrogens is 299 g/mol. The molecule has 0 atom stereocenters. The molecule has 0 aliphatic carbocycles. The molecule has 0 saturated heterocycles. The second kappa shape index (κ2) is 5.89. The number of alkyl halides is 3. The summed E-state index contributed by atoms with van der Waals surface area (Å²) in [5.41, 5.74) is 0.226. The first kappa shape index (κ1) is 15.6. The molecule has 2 nitrogen and oxygen atoms in total. The summed E-state index contributed by atoms with van der Waals surface area (Å²) in [6.07, 6.45) is -4.42. The van der Waals surface area contributed by atoms with Gasteiger partial charge in [-0.25, -0.2) is 0 Å². The summed E-state index contributed by atoms with van der Waals surface area (Å²) < 4.78 is 38.8. The number of amides is 1. The van der Waals surface area contributed by atoms with E-state index < -0.39 is 11.7 Å². The summed E-state index contributed by atoms with van der Waals surface area (Å²) in [7, 11) is 1.51. The normalized spacial score (nSPS) is 11.5. The molecule has 0 saturated carbocycles. The van der Waals surface area contributed by atoms with Crippen molar-refractivity contribution in [1.82, 2.24) is 4.90 Å². The standard InChI is InChI=1S/C15H14F3NOS/c1-10-7-8-21-13(10)14(20)19(2)9-11-5-3-4-6-12(11)15(16,17)18/h3-8H,9H2,1-2H3. The number of benzene rings is 1. The second-order valence-electron chi connectivity index (χ2n) is 4.75. The lowest BCUT2D eigenvalue weighted by atomic mass is 10.1. The van der Waals surface area contributed by atoms with Crippen molar-refractivity contribution in [3.8, 4) is 0 Å². The number of rotatable bonds is 3. The van der Waals surface area contributed by atoms with E-state index in [0.29, 0.717) is 4.88 Å². The van der Waals surface area contributed by atoms with Gasteiger partial charge in [-0.1, -0.05) is 18.2 Å². The molecule has 112 valence electrons. The van der Waals surface area contributed by atoms with Crippen LogP contribution in [0.15, 0.2) is 35.7 Å². The third-order valence-electron chi connectivity index (χ3n) is 3.13. The Balaban J connectivity index is 2.23. The van der Waals surface area contributed by atoms with Gasteiger partial charge in [0.2, 0.25) is 0 Å². The highest BCUT2D eigenvalue weighted by Crippen LogP contribution is 2.32. The monoisotopic (exact) mass is 313 g/mol. The minimum atomic E-state index is -4.42. The van der Waals surface area contributed by atoms with E-state index in [-0.39, 0.29) is 18.0 Å². The van der Waals surface area contributed by atoms with Gasteiger partial charge in [0.05, 0.1) is 10.4 Å². The molecule has 0 N–H and O–H groups in total. The highest BCUT2D eigenvalue weighted by Gasteiger charge is 2.33. The molecule has 2 aromatic rings. The first-order valence-electron chi connectivity index (χ1n) is 6.25. The van der Waals surface area contributed by atoms with Crippen LogP contribution in [0.1, 0.15) is 26.4 Å². The summed E-state index contributed by atoms with van der Waals surface area (Å²) in [5, 5.41) is 1.79. The van der Waals surface area contributed by atoms with Crippen molar-refractivity contribution >= 4 is 17.2 Å². The molecule has 6 heteroatoms. The van der Waals surface area contributed by atoms with E-state index in [1.54, 1.807) is 18.4 Å². The van der Waals surface area contributed by atoms with E-state index in [2.05, 4.69) is 0 Å². The maximum atomic E-state index is 12.9. The number of carbonyl (C=O) groups excluding carboxylic acids is 1. The molecule has 0 fully saturated rings. The molecule has 1 aromatic carbocycles. The zero-order chi connectivity index (χ0) is 15.6. The van der Waals surface area contributed by atoms with E-state index in [1.165, 1.54) is 35.4 Å². The Morgan fingerprint density at radius 3 is 2.48 bits per heavy atom. The zero-order valence-electron chi connectivity index (χ0n) is 11.6. The quantitative estimate of drug-likeness (QED) is 0.825. The SMILES string of the molecule is Cc1ccsc1C(=O)N(C)Cc1ccccc1C(F)(F)F. The van der Waals surface area contributed by atoms with E-state index in [4.69, 9.17) is 0 Å². The number of nitrogens with zero attached hydrogens (tertiary/aromatic N) is 1. The summed E-state index contributed by atoms with van der Waals surface area (Å²) in [4.78, 5) is 14.1. The molecule has 1 heterocycles. The first-order chi connectivity index (χ1) is 9.80. The van der Waals surface area contributed by atoms with Crippen molar-refractivity contribution in [2.24, 2.45) is 0 Å². The lowest BCUT2D eigenvalue weighted by Crippen LogP contribution is -2.27. The third kappa shape index (κ3) is 3.44. The van der Waals surface area contributed by atoms with Gasteiger partial charge < -0.3 is 4.90 Å². The van der Waals surface area contributed by atoms with E-state index in [9.17, 15) is 18.0 Å². The van der Waals surface area contributed by atoms with Crippen LogP contribution in [0.3, 0.4) is 0 Å². The predicted molar refractivity (Wildman–Crippen MR) is 76.3 cm³/mol. The summed E-state index contributed by atoms with van der Waals surface area (Å²) >= 11 is 1.29. The number of hydrogen-bond donors (Lipinski definition) is 0. The van der Waals surface area contributed by atoms with Crippen LogP contribution in [0.2, 0.25) is 0 Å². The van der Waals surface area contributed by atoms with Crippen molar-refractivity contribution < 1.29 is 18.0 Å². The minimum Gasteiger partial charge on any atom is -0.337 e. The second-order valence-corrected chi connectivity index (χ2v) is 5.66. The highest BCUT2D eigenvalue weighted by molar-refractivity contribution is 7.12. The lowest BCUT2D eigenvalue weighted by molar-refractivity contribution is -0.138. The number of hydrogen-bond acceptors (Lipinski definition) is 2. The largest absolute Gasteiger partial charge is 0.416 e. The van der Waals surface area contributed by atoms with Crippen molar-refractivity contribution in [3.63, 3.8) is 0 Å².